The molecule has 280 valence electrons. The second kappa shape index (κ2) is 23.8. The first-order chi connectivity index (χ1) is 25.2. The number of aliphatic hydroxyl groups is 1. The molecular formula is C42H66N8O. The summed E-state index contributed by atoms with van der Waals surface area (Å²) in [7, 11) is 0. The Morgan fingerprint density at radius 3 is 1.10 bits per heavy atom. The minimum Gasteiger partial charge on any atom is -0.374 e. The van der Waals surface area contributed by atoms with Crippen molar-refractivity contribution < 1.29 is 5.11 Å². The van der Waals surface area contributed by atoms with E-state index in [0.717, 1.165) is 155 Å². The Balaban J connectivity index is 1.26. The van der Waals surface area contributed by atoms with Crippen molar-refractivity contribution in [3.63, 3.8) is 0 Å². The molecule has 0 amide bonds. The summed E-state index contributed by atoms with van der Waals surface area (Å²) in [5.74, 6) is 0. The topological polar surface area (TPSA) is 98.9 Å². The first-order valence-electron chi connectivity index (χ1n) is 19.9. The molecule has 0 aliphatic carbocycles. The van der Waals surface area contributed by atoms with Crippen LogP contribution in [0.25, 0.3) is 0 Å². The molecule has 9 nitrogen and oxygen atoms in total. The van der Waals surface area contributed by atoms with E-state index in [-0.39, 0.29) is 0 Å². The van der Waals surface area contributed by atoms with Gasteiger partial charge in [-0.3, -0.25) is 5.32 Å². The van der Waals surface area contributed by atoms with Crippen LogP contribution >= 0.6 is 0 Å². The lowest BCUT2D eigenvalue weighted by atomic mass is 10.1. The molecule has 9 heteroatoms. The van der Waals surface area contributed by atoms with Gasteiger partial charge in [-0.15, -0.1) is 0 Å². The minimum absolute atomic E-state index is 0.653. The lowest BCUT2D eigenvalue weighted by Gasteiger charge is -2.23. The molecule has 1 unspecified atom stereocenters. The van der Waals surface area contributed by atoms with Crippen LogP contribution in [0.5, 0.6) is 0 Å². The largest absolute Gasteiger partial charge is 0.374 e. The molecule has 0 saturated carbocycles. The third-order valence-corrected chi connectivity index (χ3v) is 10.0. The third-order valence-electron chi connectivity index (χ3n) is 10.0. The number of rotatable bonds is 0. The Bertz CT molecular complexity index is 1300. The normalized spacial score (nSPS) is 24.1. The van der Waals surface area contributed by atoms with Gasteiger partial charge in [0.2, 0.25) is 0 Å². The zero-order chi connectivity index (χ0) is 35.2. The van der Waals surface area contributed by atoms with Gasteiger partial charge in [-0.25, -0.2) is 0 Å². The maximum atomic E-state index is 11.0. The van der Waals surface area contributed by atoms with Crippen LogP contribution in [-0.4, -0.2) is 93.4 Å². The zero-order valence-electron chi connectivity index (χ0n) is 31.1. The lowest BCUT2D eigenvalue weighted by molar-refractivity contribution is 0.136. The van der Waals surface area contributed by atoms with Crippen LogP contribution in [0.3, 0.4) is 0 Å². The van der Waals surface area contributed by atoms with Gasteiger partial charge >= 0.3 is 0 Å². The van der Waals surface area contributed by atoms with Gasteiger partial charge < -0.3 is 41.5 Å². The van der Waals surface area contributed by atoms with Gasteiger partial charge in [0, 0.05) is 32.7 Å². The van der Waals surface area contributed by atoms with E-state index in [9.17, 15) is 5.11 Å². The smallest absolute Gasteiger partial charge is 0.131 e. The molecule has 0 fully saturated rings. The van der Waals surface area contributed by atoms with E-state index in [1.54, 1.807) is 0 Å². The molecule has 0 radical (unpaired) electrons. The Labute approximate surface area is 308 Å². The average Bonchev–Trinajstić information content (AvgIpc) is 3.15. The fourth-order valence-electron chi connectivity index (χ4n) is 7.20. The van der Waals surface area contributed by atoms with E-state index in [1.807, 2.05) is 6.07 Å². The molecule has 0 spiro atoms. The molecule has 3 aliphatic heterocycles. The molecular weight excluding hydrogens is 633 g/mol. The van der Waals surface area contributed by atoms with Crippen molar-refractivity contribution >= 4 is 0 Å². The first-order valence-corrected chi connectivity index (χ1v) is 19.9. The molecule has 3 aliphatic rings. The number of nitrogens with zero attached hydrogens (tertiary/aromatic N) is 2. The molecule has 7 N–H and O–H groups in total. The Kier molecular flexibility index (Phi) is 18.4. The van der Waals surface area contributed by atoms with E-state index in [0.29, 0.717) is 0 Å². The van der Waals surface area contributed by atoms with E-state index in [4.69, 9.17) is 0 Å². The van der Waals surface area contributed by atoms with Crippen molar-refractivity contribution in [1.82, 2.24) is 41.7 Å². The molecule has 6 rings (SSSR count). The number of benzene rings is 3. The number of aliphatic hydroxyl groups excluding tert-OH is 1. The van der Waals surface area contributed by atoms with E-state index in [2.05, 4.69) is 108 Å². The van der Waals surface area contributed by atoms with Crippen LogP contribution in [-0.2, 0) is 32.7 Å². The van der Waals surface area contributed by atoms with E-state index in [1.165, 1.54) is 27.8 Å². The fraction of sp³-hybridized carbons (Fsp3) is 0.571. The SMILES string of the molecule is OC1NCCCN2CCCNCc3cccc(c3)CNCCCN(CCCNCc3cccc(c3)CNCCC2)CCCNCc2cccc1c2. The second-order valence-electron chi connectivity index (χ2n) is 14.4. The maximum absolute atomic E-state index is 11.0. The number of fused-ring (bicyclic) bond motifs is 24. The minimum atomic E-state index is -0.653. The van der Waals surface area contributed by atoms with E-state index >= 15 is 0 Å². The maximum Gasteiger partial charge on any atom is 0.131 e. The summed E-state index contributed by atoms with van der Waals surface area (Å²) in [6.45, 7) is 16.7. The fourth-order valence-corrected chi connectivity index (χ4v) is 7.20. The lowest BCUT2D eigenvalue weighted by Crippen LogP contribution is -2.33. The number of hydrogen-bond acceptors (Lipinski definition) is 9. The van der Waals surface area contributed by atoms with Crippen LogP contribution in [0.4, 0.5) is 0 Å². The Morgan fingerprint density at radius 2 is 0.725 bits per heavy atom. The second-order valence-corrected chi connectivity index (χ2v) is 14.4. The summed E-state index contributed by atoms with van der Waals surface area (Å²) in [5, 5.41) is 32.8. The van der Waals surface area contributed by atoms with Gasteiger partial charge in [0.1, 0.15) is 6.23 Å². The summed E-state index contributed by atoms with van der Waals surface area (Å²) >= 11 is 0. The highest BCUT2D eigenvalue weighted by atomic mass is 16.3. The van der Waals surface area contributed by atoms with Crippen LogP contribution in [0, 0.1) is 0 Å². The molecule has 8 bridgehead atoms. The number of hydrogen-bond donors (Lipinski definition) is 7. The first kappa shape index (κ1) is 39.5. The van der Waals surface area contributed by atoms with Gasteiger partial charge in [0.25, 0.3) is 0 Å². The Morgan fingerprint density at radius 1 is 0.412 bits per heavy atom. The summed E-state index contributed by atoms with van der Waals surface area (Å²) < 4.78 is 0. The summed E-state index contributed by atoms with van der Waals surface area (Å²) in [6.07, 6.45) is 5.97. The van der Waals surface area contributed by atoms with Crippen LogP contribution < -0.4 is 31.9 Å². The summed E-state index contributed by atoms with van der Waals surface area (Å²) in [6, 6.07) is 26.4. The quantitative estimate of drug-likeness (QED) is 0.188. The molecule has 0 saturated heterocycles. The zero-order valence-corrected chi connectivity index (χ0v) is 31.1. The molecule has 3 heterocycles. The van der Waals surface area contributed by atoms with Crippen LogP contribution in [0.1, 0.15) is 78.1 Å². The molecule has 3 aromatic rings. The van der Waals surface area contributed by atoms with Gasteiger partial charge in [0.15, 0.2) is 0 Å². The van der Waals surface area contributed by atoms with Gasteiger partial charge in [0.05, 0.1) is 0 Å². The number of nitrogens with one attached hydrogen (secondary N) is 6. The molecule has 51 heavy (non-hydrogen) atoms. The highest BCUT2D eigenvalue weighted by Crippen LogP contribution is 2.13. The van der Waals surface area contributed by atoms with E-state index < -0.39 is 6.23 Å². The van der Waals surface area contributed by atoms with Crippen molar-refractivity contribution in [2.24, 2.45) is 0 Å². The predicted octanol–water partition coefficient (Wildman–Crippen LogP) is 4.09. The van der Waals surface area contributed by atoms with Crippen molar-refractivity contribution in [1.29, 1.82) is 0 Å². The van der Waals surface area contributed by atoms with Gasteiger partial charge in [-0.05, 0) is 150 Å². The van der Waals surface area contributed by atoms with Crippen molar-refractivity contribution in [3.8, 4) is 0 Å². The summed E-state index contributed by atoms with van der Waals surface area (Å²) in [5.41, 5.74) is 7.58. The van der Waals surface area contributed by atoms with Gasteiger partial charge in [-0.1, -0.05) is 72.8 Å². The average molecular weight is 699 g/mol. The third kappa shape index (κ3) is 15.8. The summed E-state index contributed by atoms with van der Waals surface area (Å²) in [4.78, 5) is 5.25. The van der Waals surface area contributed by atoms with Crippen molar-refractivity contribution in [3.05, 3.63) is 106 Å². The van der Waals surface area contributed by atoms with Crippen LogP contribution in [0.2, 0.25) is 0 Å². The van der Waals surface area contributed by atoms with Crippen LogP contribution in [0.15, 0.2) is 72.8 Å². The van der Waals surface area contributed by atoms with Crippen molar-refractivity contribution in [2.45, 2.75) is 77.5 Å². The monoisotopic (exact) mass is 699 g/mol. The molecule has 3 aromatic carbocycles. The van der Waals surface area contributed by atoms with Crippen molar-refractivity contribution in [2.75, 3.05) is 78.5 Å². The highest BCUT2D eigenvalue weighted by Gasteiger charge is 2.10. The van der Waals surface area contributed by atoms with Gasteiger partial charge in [-0.2, -0.15) is 0 Å². The predicted molar refractivity (Wildman–Crippen MR) is 211 cm³/mol. The highest BCUT2D eigenvalue weighted by molar-refractivity contribution is 5.25. The molecule has 0 aromatic heterocycles. The Hall–Kier alpha value is -2.70. The standard InChI is InChI=1S/C42H66N8O/c51-42-41-15-3-14-40(30-41)35-47-20-8-24-49-22-4-16-43-31-36-10-1-12-38(28-36)33-45-18-6-25-50(27-9-21-48-42)26-7-19-46-34-39-13-2-11-37(29-39)32-44-17-5-23-49/h1-3,10-15,28-30,42-48,51H,4-9,16-27,31-35H2. The molecule has 1 atom stereocenters.